The first-order valence-electron chi connectivity index (χ1n) is 5.16. The smallest absolute Gasteiger partial charge is 0.258 e. The number of halogens is 2. The molecule has 2 aromatic rings. The molecule has 0 aliphatic heterocycles. The summed E-state index contributed by atoms with van der Waals surface area (Å²) in [5, 5.41) is 3.83. The van der Waals surface area contributed by atoms with Crippen LogP contribution in [0.25, 0.3) is 10.9 Å². The topological polar surface area (TPSA) is 57.8 Å². The summed E-state index contributed by atoms with van der Waals surface area (Å²) in [4.78, 5) is 18.6. The van der Waals surface area contributed by atoms with Crippen molar-refractivity contribution in [2.24, 2.45) is 0 Å². The summed E-state index contributed by atoms with van der Waals surface area (Å²) >= 11 is 5.83. The largest absolute Gasteiger partial charge is 0.309 e. The van der Waals surface area contributed by atoms with E-state index in [1.807, 2.05) is 0 Å². The van der Waals surface area contributed by atoms with Gasteiger partial charge in [-0.3, -0.25) is 4.79 Å². The molecule has 0 aliphatic rings. The van der Waals surface area contributed by atoms with Gasteiger partial charge in [-0.05, 0) is 18.2 Å². The number of hydrogen-bond donors (Lipinski definition) is 2. The number of aromatic amines is 1. The van der Waals surface area contributed by atoms with Crippen LogP contribution in [-0.4, -0.2) is 23.2 Å². The van der Waals surface area contributed by atoms with Crippen LogP contribution in [0.5, 0.6) is 0 Å². The highest BCUT2D eigenvalue weighted by atomic mass is 35.5. The SMILES string of the molecule is O=c1[nH]c(CNCCF)nc2cc(Cl)ccc12. The molecule has 1 aromatic heterocycles. The van der Waals surface area contributed by atoms with Gasteiger partial charge >= 0.3 is 0 Å². The maximum absolute atomic E-state index is 11.9. The lowest BCUT2D eigenvalue weighted by Crippen LogP contribution is -2.21. The second-order valence-electron chi connectivity index (χ2n) is 3.54. The summed E-state index contributed by atoms with van der Waals surface area (Å²) in [5.74, 6) is 0.471. The number of fused-ring (bicyclic) bond motifs is 1. The molecule has 0 bridgehead atoms. The second kappa shape index (κ2) is 5.25. The fourth-order valence-electron chi connectivity index (χ4n) is 1.52. The van der Waals surface area contributed by atoms with Gasteiger partial charge in [-0.2, -0.15) is 0 Å². The quantitative estimate of drug-likeness (QED) is 0.817. The van der Waals surface area contributed by atoms with Crippen LogP contribution in [0.3, 0.4) is 0 Å². The molecule has 0 saturated carbocycles. The number of hydrogen-bond acceptors (Lipinski definition) is 3. The van der Waals surface area contributed by atoms with Gasteiger partial charge in [0.05, 0.1) is 17.4 Å². The van der Waals surface area contributed by atoms with Crippen molar-refractivity contribution >= 4 is 22.5 Å². The molecule has 0 unspecified atom stereocenters. The fraction of sp³-hybridized carbons (Fsp3) is 0.273. The van der Waals surface area contributed by atoms with E-state index in [4.69, 9.17) is 11.6 Å². The minimum Gasteiger partial charge on any atom is -0.309 e. The van der Waals surface area contributed by atoms with Crippen LogP contribution in [0.2, 0.25) is 5.02 Å². The highest BCUT2D eigenvalue weighted by Gasteiger charge is 2.04. The number of nitrogens with zero attached hydrogens (tertiary/aromatic N) is 1. The third-order valence-corrected chi connectivity index (χ3v) is 2.52. The molecule has 0 saturated heterocycles. The van der Waals surface area contributed by atoms with Crippen molar-refractivity contribution < 1.29 is 4.39 Å². The number of nitrogens with one attached hydrogen (secondary N) is 2. The van der Waals surface area contributed by atoms with Gasteiger partial charge < -0.3 is 10.3 Å². The lowest BCUT2D eigenvalue weighted by molar-refractivity contribution is 0.464. The lowest BCUT2D eigenvalue weighted by atomic mass is 10.2. The average molecular weight is 256 g/mol. The molecule has 2 N–H and O–H groups in total. The number of aromatic nitrogens is 2. The number of rotatable bonds is 4. The van der Waals surface area contributed by atoms with E-state index in [-0.39, 0.29) is 12.1 Å². The highest BCUT2D eigenvalue weighted by Crippen LogP contribution is 2.14. The van der Waals surface area contributed by atoms with Crippen LogP contribution in [0, 0.1) is 0 Å². The van der Waals surface area contributed by atoms with Gasteiger partial charge in [0.1, 0.15) is 12.5 Å². The third-order valence-electron chi connectivity index (χ3n) is 2.28. The zero-order valence-corrected chi connectivity index (χ0v) is 9.72. The molecule has 6 heteroatoms. The minimum absolute atomic E-state index is 0.219. The standard InChI is InChI=1S/C11H11ClFN3O/c12-7-1-2-8-9(5-7)15-10(16-11(8)17)6-14-4-3-13/h1-2,5,14H,3-4,6H2,(H,15,16,17). The Hall–Kier alpha value is -1.46. The van der Waals surface area contributed by atoms with E-state index >= 15 is 0 Å². The Bertz CT molecular complexity index is 584. The summed E-state index contributed by atoms with van der Waals surface area (Å²) < 4.78 is 11.9. The van der Waals surface area contributed by atoms with E-state index in [2.05, 4.69) is 15.3 Å². The predicted molar refractivity (Wildman–Crippen MR) is 65.1 cm³/mol. The molecule has 0 aliphatic carbocycles. The van der Waals surface area contributed by atoms with Crippen LogP contribution < -0.4 is 10.9 Å². The van der Waals surface area contributed by atoms with E-state index in [1.54, 1.807) is 18.2 Å². The molecule has 90 valence electrons. The molecule has 0 radical (unpaired) electrons. The summed E-state index contributed by atoms with van der Waals surface area (Å²) in [6.45, 7) is 0.0998. The number of H-pyrrole nitrogens is 1. The first-order valence-corrected chi connectivity index (χ1v) is 5.53. The van der Waals surface area contributed by atoms with Gasteiger partial charge in [0.15, 0.2) is 0 Å². The Kier molecular flexibility index (Phi) is 3.71. The molecule has 0 fully saturated rings. The molecule has 0 amide bonds. The Morgan fingerprint density at radius 2 is 2.29 bits per heavy atom. The van der Waals surface area contributed by atoms with E-state index in [0.29, 0.717) is 28.3 Å². The van der Waals surface area contributed by atoms with Crippen LogP contribution in [0.1, 0.15) is 5.82 Å². The Balaban J connectivity index is 2.36. The molecule has 1 aromatic carbocycles. The first-order chi connectivity index (χ1) is 8.20. The van der Waals surface area contributed by atoms with Gasteiger partial charge in [0.25, 0.3) is 5.56 Å². The van der Waals surface area contributed by atoms with E-state index in [1.165, 1.54) is 0 Å². The van der Waals surface area contributed by atoms with Crippen molar-refractivity contribution in [2.45, 2.75) is 6.54 Å². The van der Waals surface area contributed by atoms with Crippen LogP contribution in [0.15, 0.2) is 23.0 Å². The number of alkyl halides is 1. The van der Waals surface area contributed by atoms with E-state index < -0.39 is 6.67 Å². The van der Waals surface area contributed by atoms with Gasteiger partial charge in [0, 0.05) is 11.6 Å². The Morgan fingerprint density at radius 1 is 1.47 bits per heavy atom. The van der Waals surface area contributed by atoms with Crippen molar-refractivity contribution in [3.63, 3.8) is 0 Å². The van der Waals surface area contributed by atoms with E-state index in [9.17, 15) is 9.18 Å². The minimum atomic E-state index is -0.455. The summed E-state index contributed by atoms with van der Waals surface area (Å²) in [6.07, 6.45) is 0. The summed E-state index contributed by atoms with van der Waals surface area (Å²) in [7, 11) is 0. The maximum atomic E-state index is 11.9. The van der Waals surface area contributed by atoms with E-state index in [0.717, 1.165) is 0 Å². The molecule has 17 heavy (non-hydrogen) atoms. The van der Waals surface area contributed by atoms with Gasteiger partial charge in [-0.1, -0.05) is 11.6 Å². The van der Waals surface area contributed by atoms with Gasteiger partial charge in [-0.15, -0.1) is 0 Å². The monoisotopic (exact) mass is 255 g/mol. The highest BCUT2D eigenvalue weighted by molar-refractivity contribution is 6.31. The van der Waals surface area contributed by atoms with Crippen molar-refractivity contribution in [1.82, 2.24) is 15.3 Å². The average Bonchev–Trinajstić information content (AvgIpc) is 2.28. The second-order valence-corrected chi connectivity index (χ2v) is 3.98. The zero-order valence-electron chi connectivity index (χ0n) is 8.96. The molecule has 4 nitrogen and oxygen atoms in total. The Morgan fingerprint density at radius 3 is 3.06 bits per heavy atom. The molecule has 1 heterocycles. The normalized spacial score (nSPS) is 10.9. The van der Waals surface area contributed by atoms with Gasteiger partial charge in [-0.25, -0.2) is 9.37 Å². The third kappa shape index (κ3) is 2.81. The molecular weight excluding hydrogens is 245 g/mol. The molecule has 0 atom stereocenters. The first kappa shape index (κ1) is 12.0. The summed E-state index contributed by atoms with van der Waals surface area (Å²) in [6, 6.07) is 4.90. The number of benzene rings is 1. The zero-order chi connectivity index (χ0) is 12.3. The van der Waals surface area contributed by atoms with Crippen molar-refractivity contribution in [3.8, 4) is 0 Å². The van der Waals surface area contributed by atoms with Crippen LogP contribution in [0.4, 0.5) is 4.39 Å². The fourth-order valence-corrected chi connectivity index (χ4v) is 1.68. The van der Waals surface area contributed by atoms with Crippen molar-refractivity contribution in [1.29, 1.82) is 0 Å². The maximum Gasteiger partial charge on any atom is 0.258 e. The summed E-state index contributed by atoms with van der Waals surface area (Å²) in [5.41, 5.74) is 0.321. The van der Waals surface area contributed by atoms with Crippen LogP contribution in [-0.2, 0) is 6.54 Å². The Labute approximate surface area is 102 Å². The van der Waals surface area contributed by atoms with Crippen molar-refractivity contribution in [2.75, 3.05) is 13.2 Å². The van der Waals surface area contributed by atoms with Crippen molar-refractivity contribution in [3.05, 3.63) is 39.4 Å². The van der Waals surface area contributed by atoms with Crippen LogP contribution >= 0.6 is 11.6 Å². The molecule has 2 rings (SSSR count). The lowest BCUT2D eigenvalue weighted by Gasteiger charge is -2.03. The molecule has 0 spiro atoms. The predicted octanol–water partition coefficient (Wildman–Crippen LogP) is 1.64. The van der Waals surface area contributed by atoms with Gasteiger partial charge in [0.2, 0.25) is 0 Å². The molecular formula is C11H11ClFN3O.